The first-order chi connectivity index (χ1) is 10.6. The van der Waals surface area contributed by atoms with E-state index in [9.17, 15) is 9.59 Å². The fourth-order valence-electron chi connectivity index (χ4n) is 2.58. The van der Waals surface area contributed by atoms with Gasteiger partial charge in [-0.3, -0.25) is 14.3 Å². The van der Waals surface area contributed by atoms with E-state index in [4.69, 9.17) is 0 Å². The van der Waals surface area contributed by atoms with Gasteiger partial charge in [0.15, 0.2) is 0 Å². The van der Waals surface area contributed by atoms with E-state index in [-0.39, 0.29) is 17.7 Å². The third-order valence-corrected chi connectivity index (χ3v) is 3.85. The monoisotopic (exact) mass is 307 g/mol. The first-order valence-corrected chi connectivity index (χ1v) is 7.94. The molecule has 2 rings (SSSR count). The van der Waals surface area contributed by atoms with Crippen LogP contribution in [-0.4, -0.2) is 51.1 Å². The van der Waals surface area contributed by atoms with E-state index in [1.807, 2.05) is 0 Å². The van der Waals surface area contributed by atoms with Crippen LogP contribution < -0.4 is 5.32 Å². The maximum atomic E-state index is 12.3. The average Bonchev–Trinajstić information content (AvgIpc) is 3.03. The molecule has 1 aliphatic heterocycles. The minimum absolute atomic E-state index is 0.0717. The van der Waals surface area contributed by atoms with E-state index in [1.54, 1.807) is 15.9 Å². The Morgan fingerprint density at radius 3 is 2.91 bits per heavy atom. The predicted octanol–water partition coefficient (Wildman–Crippen LogP) is 0.679. The Morgan fingerprint density at radius 2 is 2.23 bits per heavy atom. The molecule has 7 nitrogen and oxygen atoms in total. The summed E-state index contributed by atoms with van der Waals surface area (Å²) in [6, 6.07) is 0. The van der Waals surface area contributed by atoms with E-state index in [0.29, 0.717) is 32.0 Å². The molecule has 2 heterocycles. The Bertz CT molecular complexity index is 486. The lowest BCUT2D eigenvalue weighted by molar-refractivity contribution is -0.136. The van der Waals surface area contributed by atoms with Crippen molar-refractivity contribution in [2.45, 2.75) is 39.7 Å². The van der Waals surface area contributed by atoms with Crippen molar-refractivity contribution >= 4 is 11.8 Å². The first-order valence-electron chi connectivity index (χ1n) is 7.94. The smallest absolute Gasteiger partial charge is 0.224 e. The summed E-state index contributed by atoms with van der Waals surface area (Å²) in [5.41, 5.74) is 0. The molecule has 0 unspecified atom stereocenters. The normalized spacial score (nSPS) is 18.5. The van der Waals surface area contributed by atoms with E-state index in [2.05, 4.69) is 29.2 Å². The summed E-state index contributed by atoms with van der Waals surface area (Å²) in [5.74, 6) is 0.509. The van der Waals surface area contributed by atoms with E-state index in [0.717, 1.165) is 19.4 Å². The van der Waals surface area contributed by atoms with Gasteiger partial charge in [-0.2, -0.15) is 5.10 Å². The van der Waals surface area contributed by atoms with Gasteiger partial charge in [0, 0.05) is 26.1 Å². The van der Waals surface area contributed by atoms with Crippen LogP contribution in [0.15, 0.2) is 12.7 Å². The molecule has 0 radical (unpaired) electrons. The van der Waals surface area contributed by atoms with E-state index >= 15 is 0 Å². The summed E-state index contributed by atoms with van der Waals surface area (Å²) in [6.07, 6.45) is 5.20. The van der Waals surface area contributed by atoms with Gasteiger partial charge in [0.2, 0.25) is 11.8 Å². The predicted molar refractivity (Wildman–Crippen MR) is 81.8 cm³/mol. The average molecular weight is 307 g/mol. The van der Waals surface area contributed by atoms with Crippen molar-refractivity contribution in [3.05, 3.63) is 12.7 Å². The quantitative estimate of drug-likeness (QED) is 0.838. The van der Waals surface area contributed by atoms with Crippen LogP contribution in [0.25, 0.3) is 0 Å². The molecule has 0 saturated carbocycles. The molecule has 0 spiro atoms. The molecule has 1 aliphatic rings. The Labute approximate surface area is 131 Å². The van der Waals surface area contributed by atoms with Crippen molar-refractivity contribution < 1.29 is 9.59 Å². The third-order valence-electron chi connectivity index (χ3n) is 3.85. The van der Waals surface area contributed by atoms with Gasteiger partial charge < -0.3 is 10.2 Å². The van der Waals surface area contributed by atoms with Crippen molar-refractivity contribution in [1.29, 1.82) is 0 Å². The highest BCUT2D eigenvalue weighted by molar-refractivity contribution is 5.81. The van der Waals surface area contributed by atoms with E-state index < -0.39 is 0 Å². The molecule has 0 bridgehead atoms. The zero-order valence-electron chi connectivity index (χ0n) is 13.4. The summed E-state index contributed by atoms with van der Waals surface area (Å²) >= 11 is 0. The van der Waals surface area contributed by atoms with Crippen LogP contribution in [-0.2, 0) is 16.1 Å². The Balaban J connectivity index is 1.79. The lowest BCUT2D eigenvalue weighted by Crippen LogP contribution is -2.46. The number of hydrogen-bond donors (Lipinski definition) is 1. The van der Waals surface area contributed by atoms with Gasteiger partial charge in [0.25, 0.3) is 0 Å². The topological polar surface area (TPSA) is 80.1 Å². The molecular formula is C15H25N5O2. The molecule has 0 aliphatic carbocycles. The number of carbonyl (C=O) groups excluding carboxylic acids is 2. The summed E-state index contributed by atoms with van der Waals surface area (Å²) in [7, 11) is 0. The zero-order valence-corrected chi connectivity index (χ0v) is 13.4. The van der Waals surface area contributed by atoms with Crippen LogP contribution in [0.5, 0.6) is 0 Å². The Hall–Kier alpha value is -1.92. The van der Waals surface area contributed by atoms with Crippen LogP contribution in [0, 0.1) is 11.8 Å². The zero-order chi connectivity index (χ0) is 15.9. The lowest BCUT2D eigenvalue weighted by Gasteiger charge is -2.32. The minimum atomic E-state index is -0.0807. The maximum Gasteiger partial charge on any atom is 0.224 e. The molecule has 7 heteroatoms. The van der Waals surface area contributed by atoms with Crippen molar-refractivity contribution in [2.24, 2.45) is 11.8 Å². The largest absolute Gasteiger partial charge is 0.356 e. The molecule has 1 atom stereocenters. The molecule has 1 saturated heterocycles. The molecule has 0 aromatic carbocycles. The Kier molecular flexibility index (Phi) is 5.91. The maximum absolute atomic E-state index is 12.3. The van der Waals surface area contributed by atoms with Gasteiger partial charge >= 0.3 is 0 Å². The highest BCUT2D eigenvalue weighted by Crippen LogP contribution is 2.17. The van der Waals surface area contributed by atoms with Crippen molar-refractivity contribution in [1.82, 2.24) is 25.0 Å². The number of piperidine rings is 1. The van der Waals surface area contributed by atoms with Crippen LogP contribution >= 0.6 is 0 Å². The molecule has 122 valence electrons. The second-order valence-corrected chi connectivity index (χ2v) is 6.23. The second-order valence-electron chi connectivity index (χ2n) is 6.23. The van der Waals surface area contributed by atoms with Gasteiger partial charge in [-0.15, -0.1) is 0 Å². The molecule has 22 heavy (non-hydrogen) atoms. The molecule has 1 N–H and O–H groups in total. The fraction of sp³-hybridized carbons (Fsp3) is 0.733. The number of aryl methyl sites for hydroxylation is 1. The summed E-state index contributed by atoms with van der Waals surface area (Å²) in [6.45, 7) is 6.63. The number of aromatic nitrogens is 3. The van der Waals surface area contributed by atoms with Crippen LogP contribution in [0.2, 0.25) is 0 Å². The van der Waals surface area contributed by atoms with Crippen molar-refractivity contribution in [3.8, 4) is 0 Å². The van der Waals surface area contributed by atoms with Crippen molar-refractivity contribution in [2.75, 3.05) is 19.6 Å². The number of hydrogen-bond acceptors (Lipinski definition) is 4. The number of nitrogens with one attached hydrogen (secondary N) is 1. The molecule has 2 amide bonds. The van der Waals surface area contributed by atoms with Gasteiger partial charge in [-0.05, 0) is 18.8 Å². The summed E-state index contributed by atoms with van der Waals surface area (Å²) < 4.78 is 1.65. The van der Waals surface area contributed by atoms with Crippen LogP contribution in [0.3, 0.4) is 0 Å². The van der Waals surface area contributed by atoms with Gasteiger partial charge in [0.1, 0.15) is 12.7 Å². The standard InChI is InChI=1S/C15H25N5O2/c1-12(2)8-17-15(22)13-4-3-6-19(9-13)14(21)5-7-20-11-16-10-18-20/h10-13H,3-9H2,1-2H3,(H,17,22)/t13-/m1/s1. The number of rotatable bonds is 6. The molecule has 1 aromatic heterocycles. The number of nitrogens with zero attached hydrogens (tertiary/aromatic N) is 4. The molecular weight excluding hydrogens is 282 g/mol. The van der Waals surface area contributed by atoms with Gasteiger partial charge in [0.05, 0.1) is 12.5 Å². The third kappa shape index (κ3) is 4.82. The van der Waals surface area contributed by atoms with Gasteiger partial charge in [-0.1, -0.05) is 13.8 Å². The van der Waals surface area contributed by atoms with Gasteiger partial charge in [-0.25, -0.2) is 4.98 Å². The highest BCUT2D eigenvalue weighted by atomic mass is 16.2. The first kappa shape index (κ1) is 16.5. The van der Waals surface area contributed by atoms with Crippen LogP contribution in [0.4, 0.5) is 0 Å². The Morgan fingerprint density at radius 1 is 1.41 bits per heavy atom. The number of likely N-dealkylation sites (tertiary alicyclic amines) is 1. The minimum Gasteiger partial charge on any atom is -0.356 e. The highest BCUT2D eigenvalue weighted by Gasteiger charge is 2.28. The number of amides is 2. The molecule has 1 fully saturated rings. The van der Waals surface area contributed by atoms with E-state index in [1.165, 1.54) is 6.33 Å². The molecule has 1 aromatic rings. The second kappa shape index (κ2) is 7.91. The van der Waals surface area contributed by atoms with Crippen LogP contribution in [0.1, 0.15) is 33.1 Å². The summed E-state index contributed by atoms with van der Waals surface area (Å²) in [4.78, 5) is 30.1. The van der Waals surface area contributed by atoms with Crippen molar-refractivity contribution in [3.63, 3.8) is 0 Å². The fourth-order valence-corrected chi connectivity index (χ4v) is 2.58. The number of carbonyl (C=O) groups is 2. The summed E-state index contributed by atoms with van der Waals surface area (Å²) in [5, 5.41) is 6.95. The SMILES string of the molecule is CC(C)CNC(=O)[C@@H]1CCCN(C(=O)CCn2cncn2)C1. The lowest BCUT2D eigenvalue weighted by atomic mass is 9.96.